The third kappa shape index (κ3) is 4.81. The topological polar surface area (TPSA) is 99.2 Å². The van der Waals surface area contributed by atoms with Gasteiger partial charge in [-0.05, 0) is 43.9 Å². The molecule has 0 aliphatic carbocycles. The van der Waals surface area contributed by atoms with Gasteiger partial charge in [0.2, 0.25) is 15.9 Å². The lowest BCUT2D eigenvalue weighted by Crippen LogP contribution is -2.59. The second-order valence-corrected chi connectivity index (χ2v) is 11.7. The number of benzene rings is 1. The van der Waals surface area contributed by atoms with Crippen LogP contribution in [0.15, 0.2) is 29.2 Å². The maximum Gasteiger partial charge on any atom is 0.247 e. The number of aliphatic hydroxyl groups is 1. The molecule has 3 aliphatic rings. The number of carbonyl (C=O) groups is 1. The van der Waals surface area contributed by atoms with Crippen LogP contribution in [0.25, 0.3) is 0 Å². The fourth-order valence-corrected chi connectivity index (χ4v) is 6.75. The number of likely N-dealkylation sites (tertiary alicyclic amines) is 1. The number of carbonyl (C=O) groups excluding carboxylic acids is 1. The van der Waals surface area contributed by atoms with Crippen molar-refractivity contribution in [1.82, 2.24) is 14.5 Å². The molecule has 0 radical (unpaired) electrons. The quantitative estimate of drug-likeness (QED) is 0.703. The Bertz CT molecular complexity index is 927. The van der Waals surface area contributed by atoms with Gasteiger partial charge in [0.15, 0.2) is 0 Å². The van der Waals surface area contributed by atoms with Crippen molar-refractivity contribution in [2.24, 2.45) is 5.92 Å². The molecule has 1 aromatic carbocycles. The smallest absolute Gasteiger partial charge is 0.247 e. The molecule has 2 atom stereocenters. The number of ether oxygens (including phenoxy) is 1. The van der Waals surface area contributed by atoms with Crippen LogP contribution in [-0.4, -0.2) is 79.1 Å². The summed E-state index contributed by atoms with van der Waals surface area (Å²) in [5.41, 5.74) is -0.437. The number of hydrogen-bond acceptors (Lipinski definition) is 6. The van der Waals surface area contributed by atoms with Gasteiger partial charge in [0.25, 0.3) is 0 Å². The normalized spacial score (nSPS) is 28.4. The van der Waals surface area contributed by atoms with Crippen LogP contribution in [0.1, 0.15) is 46.0 Å². The lowest BCUT2D eigenvalue weighted by atomic mass is 9.84. The molecule has 1 amide bonds. The third-order valence-corrected chi connectivity index (χ3v) is 8.95. The Morgan fingerprint density at radius 3 is 2.66 bits per heavy atom. The van der Waals surface area contributed by atoms with Crippen molar-refractivity contribution in [3.8, 4) is 5.75 Å². The van der Waals surface area contributed by atoms with Crippen molar-refractivity contribution in [2.75, 3.05) is 32.8 Å². The summed E-state index contributed by atoms with van der Waals surface area (Å²) in [7, 11) is -3.99. The van der Waals surface area contributed by atoms with Crippen molar-refractivity contribution in [3.63, 3.8) is 0 Å². The standard InChI is InChI=1S/C23H35N3O5S/c1-17(2)7-11-25-12-8-23(9-13-25)10-14-31-20-5-3-4-6-21(20)32(29,30)26-16-18(27)15-19(26)22(28)24-23/h3-6,17-19,27H,7-16H2,1-2H3,(H,24,28)/t18-,19+/m1/s1. The fraction of sp³-hybridized carbons (Fsp3) is 0.696. The number of hydrogen-bond donors (Lipinski definition) is 2. The number of sulfonamides is 1. The first-order valence-corrected chi connectivity index (χ1v) is 13.1. The Morgan fingerprint density at radius 2 is 1.94 bits per heavy atom. The summed E-state index contributed by atoms with van der Waals surface area (Å²) in [4.78, 5) is 15.8. The zero-order chi connectivity index (χ0) is 22.9. The second-order valence-electron chi connectivity index (χ2n) is 9.82. The number of fused-ring (bicyclic) bond motifs is 2. The van der Waals surface area contributed by atoms with E-state index in [1.807, 2.05) is 0 Å². The predicted octanol–water partition coefficient (Wildman–Crippen LogP) is 1.59. The SMILES string of the molecule is CC(C)CCN1CCC2(CCOc3ccccc3S(=O)(=O)N3C[C@H](O)C[C@H]3C(=O)N2)CC1. The Kier molecular flexibility index (Phi) is 6.81. The van der Waals surface area contributed by atoms with Crippen molar-refractivity contribution in [1.29, 1.82) is 0 Å². The van der Waals surface area contributed by atoms with Gasteiger partial charge in [0.1, 0.15) is 16.7 Å². The minimum atomic E-state index is -3.99. The highest BCUT2D eigenvalue weighted by Gasteiger charge is 2.47. The maximum absolute atomic E-state index is 13.4. The molecule has 0 aromatic heterocycles. The molecule has 0 unspecified atom stereocenters. The monoisotopic (exact) mass is 465 g/mol. The Hall–Kier alpha value is -1.68. The van der Waals surface area contributed by atoms with E-state index in [4.69, 9.17) is 4.74 Å². The number of nitrogens with zero attached hydrogens (tertiary/aromatic N) is 2. The molecule has 2 N–H and O–H groups in total. The third-order valence-electron chi connectivity index (χ3n) is 7.03. The Morgan fingerprint density at radius 1 is 1.22 bits per heavy atom. The minimum Gasteiger partial charge on any atom is -0.492 e. The van der Waals surface area contributed by atoms with E-state index in [-0.39, 0.29) is 23.8 Å². The Balaban J connectivity index is 1.61. The van der Waals surface area contributed by atoms with Crippen LogP contribution in [0.2, 0.25) is 0 Å². The summed E-state index contributed by atoms with van der Waals surface area (Å²) in [5.74, 6) is 0.629. The van der Waals surface area contributed by atoms with Gasteiger partial charge in [-0.1, -0.05) is 26.0 Å². The highest BCUT2D eigenvalue weighted by molar-refractivity contribution is 7.89. The first-order chi connectivity index (χ1) is 15.2. The highest BCUT2D eigenvalue weighted by atomic mass is 32.2. The van der Waals surface area contributed by atoms with Gasteiger partial charge in [0.05, 0.1) is 12.7 Å². The summed E-state index contributed by atoms with van der Waals surface area (Å²) in [6.07, 6.45) is 2.58. The summed E-state index contributed by atoms with van der Waals surface area (Å²) in [6.45, 7) is 7.50. The molecule has 32 heavy (non-hydrogen) atoms. The fourth-order valence-electron chi connectivity index (χ4n) is 4.98. The number of aliphatic hydroxyl groups excluding tert-OH is 1. The zero-order valence-electron chi connectivity index (χ0n) is 19.0. The first kappa shape index (κ1) is 23.5. The van der Waals surface area contributed by atoms with Gasteiger partial charge in [-0.3, -0.25) is 4.79 Å². The first-order valence-electron chi connectivity index (χ1n) is 11.7. The van der Waals surface area contributed by atoms with E-state index in [1.54, 1.807) is 18.2 Å². The van der Waals surface area contributed by atoms with Crippen LogP contribution in [0.4, 0.5) is 0 Å². The molecular formula is C23H35N3O5S. The average molecular weight is 466 g/mol. The number of piperidine rings is 1. The van der Waals surface area contributed by atoms with Crippen molar-refractivity contribution >= 4 is 15.9 Å². The van der Waals surface area contributed by atoms with Gasteiger partial charge < -0.3 is 20.1 Å². The molecule has 2 fully saturated rings. The summed E-state index contributed by atoms with van der Waals surface area (Å²) >= 11 is 0. The Labute approximate surface area is 191 Å². The van der Waals surface area contributed by atoms with Gasteiger partial charge >= 0.3 is 0 Å². The predicted molar refractivity (Wildman–Crippen MR) is 121 cm³/mol. The molecule has 0 saturated carbocycles. The van der Waals surface area contributed by atoms with Gasteiger partial charge in [-0.25, -0.2) is 8.42 Å². The van der Waals surface area contributed by atoms with Crippen LogP contribution in [-0.2, 0) is 14.8 Å². The number of amides is 1. The van der Waals surface area contributed by atoms with Crippen molar-refractivity contribution in [3.05, 3.63) is 24.3 Å². The number of nitrogens with one attached hydrogen (secondary N) is 1. The van der Waals surface area contributed by atoms with E-state index >= 15 is 0 Å². The molecule has 1 spiro atoms. The van der Waals surface area contributed by atoms with Crippen LogP contribution in [0.5, 0.6) is 5.75 Å². The molecule has 3 aliphatic heterocycles. The van der Waals surface area contributed by atoms with E-state index in [0.717, 1.165) is 43.2 Å². The van der Waals surface area contributed by atoms with Gasteiger partial charge in [-0.15, -0.1) is 0 Å². The van der Waals surface area contributed by atoms with Crippen LogP contribution in [0, 0.1) is 5.92 Å². The molecule has 8 nitrogen and oxygen atoms in total. The van der Waals surface area contributed by atoms with Gasteiger partial charge in [-0.2, -0.15) is 4.31 Å². The van der Waals surface area contributed by atoms with Crippen molar-refractivity contribution < 1.29 is 23.1 Å². The molecule has 4 rings (SSSR count). The molecule has 3 heterocycles. The van der Waals surface area contributed by atoms with E-state index in [2.05, 4.69) is 24.1 Å². The molecule has 2 saturated heterocycles. The molecule has 1 aromatic rings. The number of rotatable bonds is 3. The van der Waals surface area contributed by atoms with Crippen LogP contribution >= 0.6 is 0 Å². The minimum absolute atomic E-state index is 0.0476. The second kappa shape index (κ2) is 9.29. The largest absolute Gasteiger partial charge is 0.492 e. The van der Waals surface area contributed by atoms with E-state index in [9.17, 15) is 18.3 Å². The zero-order valence-corrected chi connectivity index (χ0v) is 19.8. The van der Waals surface area contributed by atoms with Gasteiger partial charge in [0, 0.05) is 38.0 Å². The lowest BCUT2D eigenvalue weighted by molar-refractivity contribution is -0.127. The summed E-state index contributed by atoms with van der Waals surface area (Å²) in [5, 5.41) is 13.5. The summed E-state index contributed by atoms with van der Waals surface area (Å²) < 4.78 is 33.9. The molecular weight excluding hydrogens is 430 g/mol. The van der Waals surface area contributed by atoms with Crippen molar-refractivity contribution in [2.45, 2.75) is 68.5 Å². The summed E-state index contributed by atoms with van der Waals surface area (Å²) in [6, 6.07) is 5.64. The van der Waals surface area contributed by atoms with Crippen LogP contribution < -0.4 is 10.1 Å². The highest BCUT2D eigenvalue weighted by Crippen LogP contribution is 2.35. The van der Waals surface area contributed by atoms with Crippen LogP contribution in [0.3, 0.4) is 0 Å². The van der Waals surface area contributed by atoms with E-state index in [1.165, 1.54) is 6.07 Å². The molecule has 9 heteroatoms. The maximum atomic E-state index is 13.4. The lowest BCUT2D eigenvalue weighted by Gasteiger charge is -2.43. The average Bonchev–Trinajstić information content (AvgIpc) is 3.16. The van der Waals surface area contributed by atoms with E-state index < -0.39 is 27.7 Å². The molecule has 0 bridgehead atoms. The molecule has 178 valence electrons. The number of para-hydroxylation sites is 1. The van der Waals surface area contributed by atoms with E-state index in [0.29, 0.717) is 24.7 Å².